The molecule has 0 saturated carbocycles. The minimum Gasteiger partial charge on any atom is -0.339 e. The molecular formula is C17H23N5O3S. The van der Waals surface area contributed by atoms with E-state index in [0.29, 0.717) is 19.6 Å². The van der Waals surface area contributed by atoms with E-state index < -0.39 is 10.0 Å². The highest BCUT2D eigenvalue weighted by atomic mass is 32.2. The number of aryl methyl sites for hydroxylation is 3. The second kappa shape index (κ2) is 6.62. The second-order valence-electron chi connectivity index (χ2n) is 7.22. The zero-order valence-electron chi connectivity index (χ0n) is 14.8. The number of rotatable bonds is 4. The quantitative estimate of drug-likeness (QED) is 0.777. The van der Waals surface area contributed by atoms with Gasteiger partial charge in [-0.15, -0.1) is 0 Å². The normalized spacial score (nSPS) is 19.0. The average Bonchev–Trinajstić information content (AvgIpc) is 3.24. The maximum atomic E-state index is 12.6. The van der Waals surface area contributed by atoms with E-state index in [0.717, 1.165) is 43.4 Å². The Kier molecular flexibility index (Phi) is 4.44. The molecule has 1 fully saturated rings. The third-order valence-electron chi connectivity index (χ3n) is 5.31. The molecule has 0 atom stereocenters. The molecule has 4 rings (SSSR count). The first kappa shape index (κ1) is 17.4. The molecular weight excluding hydrogens is 354 g/mol. The van der Waals surface area contributed by atoms with Crippen LogP contribution in [0.2, 0.25) is 0 Å². The van der Waals surface area contributed by atoms with Gasteiger partial charge in [0.05, 0.1) is 12.0 Å². The highest BCUT2D eigenvalue weighted by Gasteiger charge is 2.31. The van der Waals surface area contributed by atoms with Crippen molar-refractivity contribution in [2.75, 3.05) is 13.1 Å². The first-order valence-electron chi connectivity index (χ1n) is 9.01. The number of hydrogen-bond donors (Lipinski definition) is 0. The van der Waals surface area contributed by atoms with Gasteiger partial charge in [-0.3, -0.25) is 4.79 Å². The number of piperidine rings is 1. The molecule has 1 saturated heterocycles. The fourth-order valence-corrected chi connectivity index (χ4v) is 5.24. The molecule has 140 valence electrons. The Hall–Kier alpha value is -2.00. The van der Waals surface area contributed by atoms with Crippen LogP contribution in [0.4, 0.5) is 0 Å². The zero-order valence-corrected chi connectivity index (χ0v) is 15.7. The minimum atomic E-state index is -3.54. The smallest absolute Gasteiger partial charge is 0.267 e. The average molecular weight is 377 g/mol. The lowest BCUT2D eigenvalue weighted by Gasteiger charge is -2.30. The minimum absolute atomic E-state index is 0.0470. The second-order valence-corrected chi connectivity index (χ2v) is 9.10. The van der Waals surface area contributed by atoms with Gasteiger partial charge in [0.2, 0.25) is 0 Å². The summed E-state index contributed by atoms with van der Waals surface area (Å²) in [7, 11) is -1.79. The van der Waals surface area contributed by atoms with Crippen LogP contribution in [0.25, 0.3) is 0 Å². The molecule has 26 heavy (non-hydrogen) atoms. The van der Waals surface area contributed by atoms with E-state index in [1.165, 1.54) is 16.8 Å². The molecule has 0 radical (unpaired) electrons. The Labute approximate surface area is 152 Å². The number of aromatic nitrogens is 4. The van der Waals surface area contributed by atoms with Gasteiger partial charge in [-0.25, -0.2) is 18.1 Å². The van der Waals surface area contributed by atoms with Crippen LogP contribution in [0.3, 0.4) is 0 Å². The van der Waals surface area contributed by atoms with Gasteiger partial charge in [-0.05, 0) is 43.6 Å². The maximum Gasteiger partial charge on any atom is 0.267 e. The molecule has 8 nitrogen and oxygen atoms in total. The van der Waals surface area contributed by atoms with Crippen molar-refractivity contribution in [2.45, 2.75) is 43.7 Å². The number of sulfonamides is 1. The summed E-state index contributed by atoms with van der Waals surface area (Å²) >= 11 is 0. The summed E-state index contributed by atoms with van der Waals surface area (Å²) in [6, 6.07) is 1.72. The molecule has 2 aromatic heterocycles. The van der Waals surface area contributed by atoms with E-state index in [4.69, 9.17) is 0 Å². The maximum absolute atomic E-state index is 12.6. The van der Waals surface area contributed by atoms with Crippen molar-refractivity contribution in [3.8, 4) is 0 Å². The molecule has 2 aromatic rings. The van der Waals surface area contributed by atoms with Crippen molar-refractivity contribution < 1.29 is 8.42 Å². The zero-order chi connectivity index (χ0) is 18.3. The molecule has 0 aromatic carbocycles. The van der Waals surface area contributed by atoms with Gasteiger partial charge in [0.25, 0.3) is 15.6 Å². The summed E-state index contributed by atoms with van der Waals surface area (Å²) in [5.41, 5.74) is 2.08. The first-order chi connectivity index (χ1) is 12.4. The first-order valence-corrected chi connectivity index (χ1v) is 10.5. The van der Waals surface area contributed by atoms with Crippen LogP contribution in [-0.2, 0) is 36.5 Å². The van der Waals surface area contributed by atoms with E-state index in [1.807, 2.05) is 0 Å². The van der Waals surface area contributed by atoms with E-state index in [2.05, 4.69) is 10.1 Å². The highest BCUT2D eigenvalue weighted by Crippen LogP contribution is 2.24. The van der Waals surface area contributed by atoms with Crippen LogP contribution in [0, 0.1) is 5.92 Å². The monoisotopic (exact) mass is 377 g/mol. The van der Waals surface area contributed by atoms with Crippen molar-refractivity contribution in [1.29, 1.82) is 0 Å². The summed E-state index contributed by atoms with van der Waals surface area (Å²) in [4.78, 5) is 16.2. The van der Waals surface area contributed by atoms with Gasteiger partial charge in [0.1, 0.15) is 0 Å². The fourth-order valence-electron chi connectivity index (χ4n) is 3.80. The van der Waals surface area contributed by atoms with Gasteiger partial charge in [-0.2, -0.15) is 9.40 Å². The Morgan fingerprint density at radius 1 is 1.23 bits per heavy atom. The Balaban J connectivity index is 1.42. The van der Waals surface area contributed by atoms with Gasteiger partial charge >= 0.3 is 0 Å². The Bertz CT molecular complexity index is 971. The summed E-state index contributed by atoms with van der Waals surface area (Å²) in [5, 5.41) is 4.62. The van der Waals surface area contributed by atoms with Crippen molar-refractivity contribution >= 4 is 10.0 Å². The van der Waals surface area contributed by atoms with E-state index >= 15 is 0 Å². The van der Waals surface area contributed by atoms with Crippen molar-refractivity contribution in [3.63, 3.8) is 0 Å². The number of fused-ring (bicyclic) bond motifs is 1. The summed E-state index contributed by atoms with van der Waals surface area (Å²) < 4.78 is 29.9. The van der Waals surface area contributed by atoms with Gasteiger partial charge < -0.3 is 4.57 Å². The summed E-state index contributed by atoms with van der Waals surface area (Å²) in [6.07, 6.45) is 7.41. The predicted octanol–water partition coefficient (Wildman–Crippen LogP) is 0.566. The van der Waals surface area contributed by atoms with Crippen LogP contribution in [0.5, 0.6) is 0 Å². The van der Waals surface area contributed by atoms with E-state index in [9.17, 15) is 13.2 Å². The topological polar surface area (TPSA) is 90.1 Å². The van der Waals surface area contributed by atoms with Crippen molar-refractivity contribution in [3.05, 3.63) is 40.2 Å². The number of imidazole rings is 1. The van der Waals surface area contributed by atoms with Crippen LogP contribution >= 0.6 is 0 Å². The van der Waals surface area contributed by atoms with E-state index in [-0.39, 0.29) is 16.5 Å². The molecule has 0 amide bonds. The number of hydrogen-bond acceptors (Lipinski definition) is 5. The molecule has 1 aliphatic heterocycles. The fraction of sp³-hybridized carbons (Fsp3) is 0.588. The van der Waals surface area contributed by atoms with Crippen LogP contribution in [0.1, 0.15) is 30.5 Å². The molecule has 0 spiro atoms. The lowest BCUT2D eigenvalue weighted by Crippen LogP contribution is -2.40. The lowest BCUT2D eigenvalue weighted by atomic mass is 9.98. The van der Waals surface area contributed by atoms with Gasteiger partial charge in [0, 0.05) is 38.9 Å². The molecule has 0 bridgehead atoms. The van der Waals surface area contributed by atoms with Gasteiger partial charge in [-0.1, -0.05) is 0 Å². The molecule has 2 aliphatic rings. The Morgan fingerprint density at radius 3 is 2.69 bits per heavy atom. The largest absolute Gasteiger partial charge is 0.339 e. The van der Waals surface area contributed by atoms with E-state index in [1.54, 1.807) is 22.4 Å². The standard InChI is InChI=1S/C17H23N5O3S/c1-20-11-16(18-12-20)26(24,25)21-7-5-13(6-8-21)10-22-17(23)9-14-3-2-4-15(14)19-22/h9,11-13H,2-8,10H2,1H3. The Morgan fingerprint density at radius 2 is 2.00 bits per heavy atom. The van der Waals surface area contributed by atoms with Crippen LogP contribution < -0.4 is 5.56 Å². The van der Waals surface area contributed by atoms with Crippen LogP contribution in [-0.4, -0.2) is 45.1 Å². The SMILES string of the molecule is Cn1cnc(S(=O)(=O)N2CCC(Cn3nc4c(cc3=O)CCC4)CC2)c1. The van der Waals surface area contributed by atoms with Crippen molar-refractivity contribution in [2.24, 2.45) is 13.0 Å². The third-order valence-corrected chi connectivity index (χ3v) is 7.10. The molecule has 1 aliphatic carbocycles. The summed E-state index contributed by atoms with van der Waals surface area (Å²) in [5.74, 6) is 0.259. The molecule has 0 N–H and O–H groups in total. The molecule has 9 heteroatoms. The summed E-state index contributed by atoms with van der Waals surface area (Å²) in [6.45, 7) is 1.45. The molecule has 3 heterocycles. The lowest BCUT2D eigenvalue weighted by molar-refractivity contribution is 0.243. The van der Waals surface area contributed by atoms with Crippen molar-refractivity contribution in [1.82, 2.24) is 23.6 Å². The number of nitrogens with zero attached hydrogens (tertiary/aromatic N) is 5. The van der Waals surface area contributed by atoms with Crippen LogP contribution in [0.15, 0.2) is 28.4 Å². The predicted molar refractivity (Wildman–Crippen MR) is 95.2 cm³/mol. The molecule has 0 unspecified atom stereocenters. The van der Waals surface area contributed by atoms with Gasteiger partial charge in [0.15, 0.2) is 5.03 Å². The highest BCUT2D eigenvalue weighted by molar-refractivity contribution is 7.89. The third kappa shape index (κ3) is 3.21.